The number of carbonyl (C=O) groups is 1. The van der Waals surface area contributed by atoms with Gasteiger partial charge in [0.05, 0.1) is 6.54 Å². The number of Topliss-reactive ketones (excluding diaryl/α,β-unsaturated/α-hetero) is 1. The average molecular weight is 407 g/mol. The molecule has 0 spiro atoms. The smallest absolute Gasteiger partial charge is 0.332 e. The molecule has 0 saturated carbocycles. The molecule has 0 saturated heterocycles. The van der Waals surface area contributed by atoms with E-state index in [4.69, 9.17) is 5.73 Å². The number of rotatable bonds is 8. The minimum Gasteiger partial charge on any atom is -0.384 e. The fourth-order valence-electron chi connectivity index (χ4n) is 3.45. The second kappa shape index (κ2) is 9.37. The van der Waals surface area contributed by atoms with Crippen molar-refractivity contribution >= 4 is 11.6 Å². The molecule has 0 radical (unpaired) electrons. The second-order valence-electron chi connectivity index (χ2n) is 7.23. The van der Waals surface area contributed by atoms with Crippen molar-refractivity contribution < 1.29 is 10.1 Å². The van der Waals surface area contributed by atoms with E-state index in [0.717, 1.165) is 15.7 Å². The number of nitrogens with zero attached hydrogens (tertiary/aromatic N) is 2. The Morgan fingerprint density at radius 1 is 1.00 bits per heavy atom. The van der Waals surface area contributed by atoms with Crippen LogP contribution in [0.4, 0.5) is 5.82 Å². The molecule has 7 nitrogen and oxygen atoms in total. The molecule has 3 aromatic rings. The molecule has 1 heterocycles. The van der Waals surface area contributed by atoms with E-state index in [9.17, 15) is 14.4 Å². The van der Waals surface area contributed by atoms with E-state index in [0.29, 0.717) is 0 Å². The van der Waals surface area contributed by atoms with E-state index in [-0.39, 0.29) is 42.8 Å². The van der Waals surface area contributed by atoms with Crippen molar-refractivity contribution in [3.63, 3.8) is 0 Å². The lowest BCUT2D eigenvalue weighted by Gasteiger charge is -2.16. The Morgan fingerprint density at radius 2 is 1.60 bits per heavy atom. The van der Waals surface area contributed by atoms with Crippen LogP contribution in [0.25, 0.3) is 0 Å². The van der Waals surface area contributed by atoms with Crippen molar-refractivity contribution in [1.29, 1.82) is 0 Å². The quantitative estimate of drug-likeness (QED) is 0.547. The number of anilines is 1. The predicted molar refractivity (Wildman–Crippen MR) is 117 cm³/mol. The maximum absolute atomic E-state index is 13.0. The summed E-state index contributed by atoms with van der Waals surface area (Å²) in [5, 5.41) is 1.86. The van der Waals surface area contributed by atoms with Crippen LogP contribution in [0.1, 0.15) is 41.4 Å². The maximum atomic E-state index is 13.0. The first kappa shape index (κ1) is 21.3. The molecule has 7 heteroatoms. The zero-order valence-corrected chi connectivity index (χ0v) is 17.2. The van der Waals surface area contributed by atoms with E-state index in [1.165, 1.54) is 4.57 Å². The monoisotopic (exact) mass is 407 g/mol. The van der Waals surface area contributed by atoms with Crippen LogP contribution >= 0.6 is 0 Å². The molecule has 0 amide bonds. The van der Waals surface area contributed by atoms with Gasteiger partial charge in [0.25, 0.3) is 5.56 Å². The number of nitrogens with two attached hydrogens (primary N) is 2. The van der Waals surface area contributed by atoms with Crippen molar-refractivity contribution in [2.24, 2.45) is 0 Å². The third-order valence-corrected chi connectivity index (χ3v) is 5.23. The van der Waals surface area contributed by atoms with Crippen molar-refractivity contribution in [2.45, 2.75) is 33.0 Å². The molecular formula is C23H27N4O3+. The summed E-state index contributed by atoms with van der Waals surface area (Å²) in [5.41, 5.74) is 6.87. The van der Waals surface area contributed by atoms with Crippen LogP contribution in [0.15, 0.2) is 70.3 Å². The summed E-state index contributed by atoms with van der Waals surface area (Å²) in [7, 11) is 0. The van der Waals surface area contributed by atoms with Gasteiger partial charge in [-0.15, -0.1) is 0 Å². The Bertz CT molecular complexity index is 1130. The Labute approximate surface area is 174 Å². The Kier molecular flexibility index (Phi) is 6.64. The van der Waals surface area contributed by atoms with Crippen LogP contribution in [0.5, 0.6) is 0 Å². The topological polar surface area (TPSA) is 104 Å². The van der Waals surface area contributed by atoms with Gasteiger partial charge in [-0.1, -0.05) is 60.7 Å². The highest BCUT2D eigenvalue weighted by Crippen LogP contribution is 2.10. The molecule has 2 aromatic carbocycles. The van der Waals surface area contributed by atoms with E-state index >= 15 is 0 Å². The summed E-state index contributed by atoms with van der Waals surface area (Å²) in [6.07, 6.45) is 0. The molecule has 0 aliphatic heterocycles. The molecule has 0 unspecified atom stereocenters. The highest BCUT2D eigenvalue weighted by atomic mass is 16.2. The molecule has 1 aromatic heterocycles. The van der Waals surface area contributed by atoms with Crippen LogP contribution in [-0.2, 0) is 13.1 Å². The molecule has 4 N–H and O–H groups in total. The lowest BCUT2D eigenvalue weighted by molar-refractivity contribution is -0.681. The number of aromatic nitrogens is 2. The normalized spacial score (nSPS) is 11.9. The van der Waals surface area contributed by atoms with Crippen LogP contribution < -0.4 is 22.3 Å². The SMILES string of the molecule is CCn1c(=O)c(C(=O)C[NH2+][C@H](C)c2ccccc2)c(N)n(Cc2ccccc2)c1=O. The lowest BCUT2D eigenvalue weighted by Crippen LogP contribution is -2.86. The largest absolute Gasteiger partial charge is 0.384 e. The number of carbonyl (C=O) groups excluding carboxylic acids is 1. The summed E-state index contributed by atoms with van der Waals surface area (Å²) >= 11 is 0. The fourth-order valence-corrected chi connectivity index (χ4v) is 3.45. The molecule has 3 rings (SSSR count). The van der Waals surface area contributed by atoms with Crippen molar-refractivity contribution in [3.8, 4) is 0 Å². The van der Waals surface area contributed by atoms with E-state index in [2.05, 4.69) is 0 Å². The van der Waals surface area contributed by atoms with E-state index in [1.807, 2.05) is 72.9 Å². The standard InChI is InChI=1S/C23H26N4O3/c1-3-26-22(29)20(19(28)14-25-16(2)18-12-8-5-9-13-18)21(24)27(23(26)30)15-17-10-6-4-7-11-17/h4-13,16,25H,3,14-15,24H2,1-2H3/p+1/t16-/m1/s1. The fraction of sp³-hybridized carbons (Fsp3) is 0.261. The summed E-state index contributed by atoms with van der Waals surface area (Å²) in [6.45, 7) is 4.10. The van der Waals surface area contributed by atoms with Crippen LogP contribution in [0.2, 0.25) is 0 Å². The van der Waals surface area contributed by atoms with E-state index < -0.39 is 11.2 Å². The third kappa shape index (κ3) is 4.41. The molecule has 0 aliphatic carbocycles. The van der Waals surface area contributed by atoms with Gasteiger partial charge >= 0.3 is 5.69 Å². The molecule has 0 bridgehead atoms. The first-order chi connectivity index (χ1) is 14.4. The Hall–Kier alpha value is -3.45. The minimum atomic E-state index is -0.630. The van der Waals surface area contributed by atoms with Crippen molar-refractivity contribution in [3.05, 3.63) is 98.2 Å². The zero-order chi connectivity index (χ0) is 21.7. The number of ketones is 1. The van der Waals surface area contributed by atoms with Gasteiger partial charge in [0.15, 0.2) is 0 Å². The maximum Gasteiger partial charge on any atom is 0.332 e. The molecule has 0 fully saturated rings. The number of nitrogen functional groups attached to an aromatic ring is 1. The third-order valence-electron chi connectivity index (χ3n) is 5.23. The molecule has 30 heavy (non-hydrogen) atoms. The van der Waals surface area contributed by atoms with Crippen LogP contribution in [-0.4, -0.2) is 21.5 Å². The van der Waals surface area contributed by atoms with Crippen molar-refractivity contribution in [2.75, 3.05) is 12.3 Å². The van der Waals surface area contributed by atoms with Gasteiger partial charge in [-0.2, -0.15) is 0 Å². The van der Waals surface area contributed by atoms with Crippen LogP contribution in [0.3, 0.4) is 0 Å². The molecular weight excluding hydrogens is 380 g/mol. The zero-order valence-electron chi connectivity index (χ0n) is 17.2. The Morgan fingerprint density at radius 3 is 2.20 bits per heavy atom. The molecule has 156 valence electrons. The van der Waals surface area contributed by atoms with Gasteiger partial charge in [-0.25, -0.2) is 4.79 Å². The van der Waals surface area contributed by atoms with Gasteiger partial charge in [0, 0.05) is 12.1 Å². The number of hydrogen-bond acceptors (Lipinski definition) is 4. The predicted octanol–water partition coefficient (Wildman–Crippen LogP) is 1.17. The summed E-state index contributed by atoms with van der Waals surface area (Å²) in [4.78, 5) is 38.6. The summed E-state index contributed by atoms with van der Waals surface area (Å²) in [5.74, 6) is -0.464. The molecule has 1 atom stereocenters. The first-order valence-corrected chi connectivity index (χ1v) is 10.0. The number of hydrogen-bond donors (Lipinski definition) is 2. The number of quaternary nitrogens is 1. The first-order valence-electron chi connectivity index (χ1n) is 10.0. The minimum absolute atomic E-state index is 0.0417. The van der Waals surface area contributed by atoms with Crippen molar-refractivity contribution in [1.82, 2.24) is 9.13 Å². The Balaban J connectivity index is 1.93. The van der Waals surface area contributed by atoms with E-state index in [1.54, 1.807) is 6.92 Å². The van der Waals surface area contributed by atoms with Gasteiger partial charge in [-0.3, -0.25) is 18.7 Å². The molecule has 0 aliphatic rings. The second-order valence-corrected chi connectivity index (χ2v) is 7.23. The summed E-state index contributed by atoms with van der Waals surface area (Å²) in [6, 6.07) is 19.2. The average Bonchev–Trinajstić information content (AvgIpc) is 2.76. The van der Waals surface area contributed by atoms with Gasteiger partial charge in [0.1, 0.15) is 24.0 Å². The van der Waals surface area contributed by atoms with Gasteiger partial charge in [0.2, 0.25) is 5.78 Å². The lowest BCUT2D eigenvalue weighted by atomic mass is 10.1. The highest BCUT2D eigenvalue weighted by molar-refractivity contribution is 6.00. The van der Waals surface area contributed by atoms with Gasteiger partial charge < -0.3 is 11.1 Å². The summed E-state index contributed by atoms with van der Waals surface area (Å²) < 4.78 is 2.36. The van der Waals surface area contributed by atoms with Crippen LogP contribution in [0, 0.1) is 0 Å². The highest BCUT2D eigenvalue weighted by Gasteiger charge is 2.24. The van der Waals surface area contributed by atoms with Gasteiger partial charge in [-0.05, 0) is 19.4 Å². The number of benzene rings is 2.